The van der Waals surface area contributed by atoms with Crippen LogP contribution in [0.15, 0.2) is 42.5 Å². The van der Waals surface area contributed by atoms with E-state index in [1.165, 1.54) is 19.3 Å². The van der Waals surface area contributed by atoms with Gasteiger partial charge in [-0.25, -0.2) is 8.78 Å². The highest BCUT2D eigenvalue weighted by Gasteiger charge is 2.07. The van der Waals surface area contributed by atoms with Crippen LogP contribution in [0, 0.1) is 11.6 Å². The monoisotopic (exact) mass is 333 g/mol. The molecule has 0 atom stereocenters. The third-order valence-corrected chi connectivity index (χ3v) is 3.10. The van der Waals surface area contributed by atoms with Crippen LogP contribution < -0.4 is 14.8 Å². The van der Waals surface area contributed by atoms with Gasteiger partial charge in [-0.05, 0) is 42.8 Å². The fourth-order valence-electron chi connectivity index (χ4n) is 2.00. The lowest BCUT2D eigenvalue weighted by Crippen LogP contribution is -2.09. The molecule has 0 saturated carbocycles. The number of hydrogen-bond donors (Lipinski definition) is 1. The second kappa shape index (κ2) is 8.10. The van der Waals surface area contributed by atoms with Crippen molar-refractivity contribution < 1.29 is 23.0 Å². The van der Waals surface area contributed by atoms with Crippen LogP contribution in [0.5, 0.6) is 11.5 Å². The lowest BCUT2D eigenvalue weighted by atomic mass is 10.2. The number of benzene rings is 2. The van der Waals surface area contributed by atoms with Crippen molar-refractivity contribution in [2.24, 2.45) is 0 Å². The van der Waals surface area contributed by atoms with Crippen LogP contribution in [0.2, 0.25) is 0 Å². The highest BCUT2D eigenvalue weighted by atomic mass is 19.1. The molecule has 2 aromatic carbocycles. The van der Waals surface area contributed by atoms with Crippen molar-refractivity contribution >= 4 is 17.7 Å². The Balaban J connectivity index is 2.09. The summed E-state index contributed by atoms with van der Waals surface area (Å²) in [5, 5.41) is 2.28. The SMILES string of the molecule is CCOc1ccc(C=CC(=O)Nc2cc(F)ccc2F)cc1OC. The average molecular weight is 333 g/mol. The summed E-state index contributed by atoms with van der Waals surface area (Å²) in [5.74, 6) is -0.779. The number of ether oxygens (including phenoxy) is 2. The Bertz CT molecular complexity index is 760. The van der Waals surface area contributed by atoms with Gasteiger partial charge in [-0.2, -0.15) is 0 Å². The first kappa shape index (κ1) is 17.5. The van der Waals surface area contributed by atoms with Crippen molar-refractivity contribution in [1.82, 2.24) is 0 Å². The van der Waals surface area contributed by atoms with Crippen molar-refractivity contribution in [2.75, 3.05) is 19.0 Å². The first-order valence-corrected chi connectivity index (χ1v) is 7.28. The summed E-state index contributed by atoms with van der Waals surface area (Å²) in [6, 6.07) is 8.03. The normalized spacial score (nSPS) is 10.7. The highest BCUT2D eigenvalue weighted by Crippen LogP contribution is 2.28. The lowest BCUT2D eigenvalue weighted by Gasteiger charge is -2.09. The maximum atomic E-state index is 13.5. The number of hydrogen-bond acceptors (Lipinski definition) is 3. The number of anilines is 1. The Morgan fingerprint density at radius 1 is 1.17 bits per heavy atom. The van der Waals surface area contributed by atoms with Gasteiger partial charge in [0.05, 0.1) is 19.4 Å². The van der Waals surface area contributed by atoms with Gasteiger partial charge in [-0.15, -0.1) is 0 Å². The molecule has 0 unspecified atom stereocenters. The molecule has 0 aromatic heterocycles. The van der Waals surface area contributed by atoms with Crippen molar-refractivity contribution in [1.29, 1.82) is 0 Å². The number of halogens is 2. The van der Waals surface area contributed by atoms with Gasteiger partial charge in [0.1, 0.15) is 11.6 Å². The van der Waals surface area contributed by atoms with Crippen molar-refractivity contribution in [2.45, 2.75) is 6.92 Å². The Morgan fingerprint density at radius 3 is 2.67 bits per heavy atom. The fourth-order valence-corrected chi connectivity index (χ4v) is 2.00. The van der Waals surface area contributed by atoms with E-state index in [2.05, 4.69) is 5.32 Å². The number of rotatable bonds is 6. The Hall–Kier alpha value is -2.89. The molecule has 0 aliphatic carbocycles. The standard InChI is InChI=1S/C18H17F2NO3/c1-3-24-16-8-4-12(10-17(16)23-2)5-9-18(22)21-15-11-13(19)6-7-14(15)20/h4-11H,3H2,1-2H3,(H,21,22). The minimum Gasteiger partial charge on any atom is -0.493 e. The van der Waals surface area contributed by atoms with E-state index in [0.717, 1.165) is 18.2 Å². The van der Waals surface area contributed by atoms with Gasteiger partial charge in [0.2, 0.25) is 5.91 Å². The predicted molar refractivity (Wildman–Crippen MR) is 88.2 cm³/mol. The molecule has 0 aliphatic rings. The summed E-state index contributed by atoms with van der Waals surface area (Å²) in [4.78, 5) is 11.8. The van der Waals surface area contributed by atoms with Crippen molar-refractivity contribution in [3.8, 4) is 11.5 Å². The maximum absolute atomic E-state index is 13.5. The Morgan fingerprint density at radius 2 is 1.96 bits per heavy atom. The molecule has 1 N–H and O–H groups in total. The van der Waals surface area contributed by atoms with E-state index in [9.17, 15) is 13.6 Å². The van der Waals surface area contributed by atoms with Gasteiger partial charge in [0, 0.05) is 12.1 Å². The molecule has 0 fully saturated rings. The van der Waals surface area contributed by atoms with E-state index in [4.69, 9.17) is 9.47 Å². The summed E-state index contributed by atoms with van der Waals surface area (Å²) >= 11 is 0. The number of amides is 1. The zero-order chi connectivity index (χ0) is 17.5. The number of methoxy groups -OCH3 is 1. The third kappa shape index (κ3) is 4.55. The molecule has 2 aromatic rings. The second-order valence-corrected chi connectivity index (χ2v) is 4.79. The molecular formula is C18H17F2NO3. The largest absolute Gasteiger partial charge is 0.493 e. The quantitative estimate of drug-likeness (QED) is 0.812. The number of carbonyl (C=O) groups excluding carboxylic acids is 1. The summed E-state index contributed by atoms with van der Waals surface area (Å²) in [6.07, 6.45) is 2.75. The second-order valence-electron chi connectivity index (χ2n) is 4.79. The van der Waals surface area contributed by atoms with Gasteiger partial charge in [-0.3, -0.25) is 4.79 Å². The molecule has 4 nitrogen and oxygen atoms in total. The zero-order valence-electron chi connectivity index (χ0n) is 13.3. The smallest absolute Gasteiger partial charge is 0.248 e. The molecule has 0 aliphatic heterocycles. The molecule has 1 amide bonds. The van der Waals surface area contributed by atoms with E-state index in [-0.39, 0.29) is 5.69 Å². The van der Waals surface area contributed by atoms with E-state index >= 15 is 0 Å². The van der Waals surface area contributed by atoms with Gasteiger partial charge in [0.25, 0.3) is 0 Å². The summed E-state index contributed by atoms with van der Waals surface area (Å²) in [7, 11) is 1.52. The summed E-state index contributed by atoms with van der Waals surface area (Å²) in [6.45, 7) is 2.37. The molecule has 0 heterocycles. The van der Waals surface area contributed by atoms with E-state index in [1.54, 1.807) is 18.2 Å². The lowest BCUT2D eigenvalue weighted by molar-refractivity contribution is -0.111. The summed E-state index contributed by atoms with van der Waals surface area (Å²) < 4.78 is 37.2. The van der Waals surface area contributed by atoms with Gasteiger partial charge >= 0.3 is 0 Å². The van der Waals surface area contributed by atoms with E-state index in [1.807, 2.05) is 6.92 Å². The first-order chi connectivity index (χ1) is 11.5. The molecule has 0 saturated heterocycles. The van der Waals surface area contributed by atoms with Gasteiger partial charge < -0.3 is 14.8 Å². The van der Waals surface area contributed by atoms with Crippen LogP contribution in [0.1, 0.15) is 12.5 Å². The van der Waals surface area contributed by atoms with E-state index in [0.29, 0.717) is 23.7 Å². The molecular weight excluding hydrogens is 316 g/mol. The zero-order valence-corrected chi connectivity index (χ0v) is 13.3. The Kier molecular flexibility index (Phi) is 5.89. The Labute approximate surface area is 138 Å². The van der Waals surface area contributed by atoms with Crippen LogP contribution in [0.3, 0.4) is 0 Å². The molecule has 24 heavy (non-hydrogen) atoms. The van der Waals surface area contributed by atoms with Crippen LogP contribution in [-0.2, 0) is 4.79 Å². The van der Waals surface area contributed by atoms with Crippen molar-refractivity contribution in [3.05, 3.63) is 59.7 Å². The van der Waals surface area contributed by atoms with E-state index < -0.39 is 17.5 Å². The maximum Gasteiger partial charge on any atom is 0.248 e. The highest BCUT2D eigenvalue weighted by molar-refractivity contribution is 6.02. The van der Waals surface area contributed by atoms with Gasteiger partial charge in [0.15, 0.2) is 11.5 Å². The van der Waals surface area contributed by atoms with Crippen LogP contribution in [-0.4, -0.2) is 19.6 Å². The first-order valence-electron chi connectivity index (χ1n) is 7.28. The molecule has 6 heteroatoms. The molecule has 2 rings (SSSR count). The van der Waals surface area contributed by atoms with Crippen LogP contribution in [0.25, 0.3) is 6.08 Å². The summed E-state index contributed by atoms with van der Waals surface area (Å²) in [5.41, 5.74) is 0.485. The molecule has 0 spiro atoms. The minimum absolute atomic E-state index is 0.214. The predicted octanol–water partition coefficient (Wildman–Crippen LogP) is 4.02. The topological polar surface area (TPSA) is 47.6 Å². The fraction of sp³-hybridized carbons (Fsp3) is 0.167. The van der Waals surface area contributed by atoms with Crippen molar-refractivity contribution in [3.63, 3.8) is 0 Å². The minimum atomic E-state index is -0.708. The number of carbonyl (C=O) groups is 1. The number of nitrogens with one attached hydrogen (secondary N) is 1. The third-order valence-electron chi connectivity index (χ3n) is 3.10. The average Bonchev–Trinajstić information content (AvgIpc) is 2.57. The molecule has 126 valence electrons. The molecule has 0 bridgehead atoms. The molecule has 0 radical (unpaired) electrons. The van der Waals surface area contributed by atoms with Crippen LogP contribution in [0.4, 0.5) is 14.5 Å². The van der Waals surface area contributed by atoms with Crippen LogP contribution >= 0.6 is 0 Å². The van der Waals surface area contributed by atoms with Gasteiger partial charge in [-0.1, -0.05) is 6.07 Å².